The fraction of sp³-hybridized carbons (Fsp3) is 0.444. The summed E-state index contributed by atoms with van der Waals surface area (Å²) in [5, 5.41) is 17.3. The predicted molar refractivity (Wildman–Crippen MR) is 132 cm³/mol. The zero-order chi connectivity index (χ0) is 22.9. The molecule has 0 fully saturated rings. The van der Waals surface area contributed by atoms with Crippen LogP contribution in [0.3, 0.4) is 0 Å². The molecule has 0 bridgehead atoms. The van der Waals surface area contributed by atoms with E-state index in [1.165, 1.54) is 17.7 Å². The number of unbranched alkanes of at least 4 members (excludes halogenated alkanes) is 4. The highest BCUT2D eigenvalue weighted by atomic mass is 16.4. The molecule has 0 spiro atoms. The van der Waals surface area contributed by atoms with Crippen LogP contribution in [0.4, 0.5) is 5.82 Å². The van der Waals surface area contributed by atoms with Gasteiger partial charge in [0.05, 0.1) is 5.52 Å². The van der Waals surface area contributed by atoms with Crippen molar-refractivity contribution in [2.24, 2.45) is 0 Å². The van der Waals surface area contributed by atoms with Crippen molar-refractivity contribution in [3.63, 3.8) is 0 Å². The number of hydrogen-bond acceptors (Lipinski definition) is 5. The van der Waals surface area contributed by atoms with Gasteiger partial charge in [0.25, 0.3) is 0 Å². The fourth-order valence-electron chi connectivity index (χ4n) is 4.55. The van der Waals surface area contributed by atoms with Gasteiger partial charge in [-0.05, 0) is 61.4 Å². The average molecular weight is 447 g/mol. The Labute approximate surface area is 195 Å². The number of anilines is 1. The van der Waals surface area contributed by atoms with Crippen molar-refractivity contribution in [1.29, 1.82) is 0 Å². The van der Waals surface area contributed by atoms with E-state index in [1.54, 1.807) is 6.20 Å². The number of benzene rings is 1. The third-order valence-corrected chi connectivity index (χ3v) is 6.45. The van der Waals surface area contributed by atoms with Crippen molar-refractivity contribution in [3.05, 3.63) is 65.5 Å². The maximum atomic E-state index is 11.7. The summed E-state index contributed by atoms with van der Waals surface area (Å²) in [6, 6.07) is 13.8. The number of para-hydroxylation sites is 1. The molecule has 4 rings (SSSR count). The molecule has 0 aliphatic carbocycles. The maximum Gasteiger partial charge on any atom is 0.320 e. The number of nitrogens with zero attached hydrogens (tertiary/aromatic N) is 2. The van der Waals surface area contributed by atoms with Crippen LogP contribution in [-0.2, 0) is 24.2 Å². The molecule has 0 saturated heterocycles. The summed E-state index contributed by atoms with van der Waals surface area (Å²) in [7, 11) is 0. The molecule has 1 aliphatic heterocycles. The lowest BCUT2D eigenvalue weighted by Gasteiger charge is -2.17. The highest BCUT2D eigenvalue weighted by Gasteiger charge is 2.16. The van der Waals surface area contributed by atoms with E-state index >= 15 is 0 Å². The monoisotopic (exact) mass is 446 g/mol. The summed E-state index contributed by atoms with van der Waals surface area (Å²) in [5.74, 6) is 0.297. The van der Waals surface area contributed by atoms with Crippen LogP contribution in [0.5, 0.6) is 0 Å². The Morgan fingerprint density at radius 2 is 1.91 bits per heavy atom. The minimum Gasteiger partial charge on any atom is -0.480 e. The second kappa shape index (κ2) is 11.8. The van der Waals surface area contributed by atoms with Crippen LogP contribution in [0.15, 0.2) is 48.7 Å². The first-order valence-corrected chi connectivity index (χ1v) is 12.2. The number of carboxylic acid groups (broad SMARTS) is 1. The summed E-state index contributed by atoms with van der Waals surface area (Å²) < 4.78 is 0. The zero-order valence-corrected chi connectivity index (χ0v) is 19.2. The number of aliphatic carboxylic acids is 1. The molecule has 0 radical (unpaired) electrons. The van der Waals surface area contributed by atoms with Gasteiger partial charge in [-0.25, -0.2) is 4.98 Å². The summed E-state index contributed by atoms with van der Waals surface area (Å²) in [6.07, 6.45) is 11.1. The largest absolute Gasteiger partial charge is 0.480 e. The first-order chi connectivity index (χ1) is 16.2. The van der Waals surface area contributed by atoms with E-state index in [2.05, 4.69) is 27.8 Å². The van der Waals surface area contributed by atoms with Crippen molar-refractivity contribution in [2.45, 2.75) is 70.4 Å². The van der Waals surface area contributed by atoms with Gasteiger partial charge in [-0.2, -0.15) is 0 Å². The van der Waals surface area contributed by atoms with Crippen molar-refractivity contribution in [3.8, 4) is 0 Å². The lowest BCUT2D eigenvalue weighted by molar-refractivity contribution is -0.139. The fourth-order valence-corrected chi connectivity index (χ4v) is 4.55. The highest BCUT2D eigenvalue weighted by molar-refractivity contribution is 5.82. The zero-order valence-electron chi connectivity index (χ0n) is 19.2. The summed E-state index contributed by atoms with van der Waals surface area (Å²) in [6.45, 7) is 1.55. The van der Waals surface area contributed by atoms with E-state index in [-0.39, 0.29) is 0 Å². The number of nitrogens with one attached hydrogen (secondary N) is 2. The summed E-state index contributed by atoms with van der Waals surface area (Å²) in [5.41, 5.74) is 4.52. The Morgan fingerprint density at radius 3 is 2.82 bits per heavy atom. The molecule has 6 heteroatoms. The van der Waals surface area contributed by atoms with Crippen LogP contribution in [0.1, 0.15) is 61.8 Å². The van der Waals surface area contributed by atoms with Gasteiger partial charge in [-0.1, -0.05) is 49.9 Å². The molecule has 3 N–H and O–H groups in total. The minimum absolute atomic E-state index is 0.524. The molecular formula is C27H34N4O2. The number of carboxylic acids is 1. The number of rotatable bonds is 12. The average Bonchev–Trinajstić information content (AvgIpc) is 2.85. The van der Waals surface area contributed by atoms with Crippen molar-refractivity contribution in [1.82, 2.24) is 15.3 Å². The lowest BCUT2D eigenvalue weighted by atomic mass is 10.0. The SMILES string of the molecule is O=C(O)[C@H](CCCCCCCc1ccc2c(n1)NCCC2)NCc1ccnc2ccccc12. The number of carbonyl (C=O) groups is 1. The smallest absolute Gasteiger partial charge is 0.320 e. The predicted octanol–water partition coefficient (Wildman–Crippen LogP) is 5.11. The van der Waals surface area contributed by atoms with Crippen LogP contribution >= 0.6 is 0 Å². The number of fused-ring (bicyclic) bond motifs is 2. The Balaban J connectivity index is 1.15. The molecular weight excluding hydrogens is 412 g/mol. The molecule has 33 heavy (non-hydrogen) atoms. The highest BCUT2D eigenvalue weighted by Crippen LogP contribution is 2.21. The third kappa shape index (κ3) is 6.51. The Bertz CT molecular complexity index is 1060. The number of pyridine rings is 2. The Hall–Kier alpha value is -2.99. The van der Waals surface area contributed by atoms with Crippen molar-refractivity contribution < 1.29 is 9.90 Å². The lowest BCUT2D eigenvalue weighted by Crippen LogP contribution is -2.36. The van der Waals surface area contributed by atoms with Gasteiger partial charge in [-0.15, -0.1) is 0 Å². The van der Waals surface area contributed by atoms with Gasteiger partial charge < -0.3 is 15.7 Å². The van der Waals surface area contributed by atoms with E-state index in [0.29, 0.717) is 13.0 Å². The molecule has 6 nitrogen and oxygen atoms in total. The molecule has 1 aliphatic rings. The summed E-state index contributed by atoms with van der Waals surface area (Å²) >= 11 is 0. The first-order valence-electron chi connectivity index (χ1n) is 12.2. The Morgan fingerprint density at radius 1 is 1.06 bits per heavy atom. The molecule has 174 valence electrons. The molecule has 3 aromatic rings. The topological polar surface area (TPSA) is 87.1 Å². The second-order valence-corrected chi connectivity index (χ2v) is 8.91. The number of hydrogen-bond donors (Lipinski definition) is 3. The molecule has 1 aromatic carbocycles. The Kier molecular flexibility index (Phi) is 8.25. The van der Waals surface area contributed by atoms with E-state index in [9.17, 15) is 9.90 Å². The van der Waals surface area contributed by atoms with Gasteiger partial charge >= 0.3 is 5.97 Å². The molecule has 3 heterocycles. The normalized spacial score (nSPS) is 13.9. The molecule has 0 saturated carbocycles. The van der Waals surface area contributed by atoms with Gasteiger partial charge in [-0.3, -0.25) is 9.78 Å². The van der Waals surface area contributed by atoms with Crippen molar-refractivity contribution in [2.75, 3.05) is 11.9 Å². The summed E-state index contributed by atoms with van der Waals surface area (Å²) in [4.78, 5) is 20.9. The van der Waals surface area contributed by atoms with Gasteiger partial charge in [0.15, 0.2) is 0 Å². The quantitative estimate of drug-likeness (QED) is 0.335. The minimum atomic E-state index is -0.777. The standard InChI is InChI=1S/C27H34N4O2/c32-27(33)25(30-19-21-16-18-28-24-12-7-6-11-23(21)24)13-5-3-1-2-4-10-22-15-14-20-9-8-17-29-26(20)31-22/h6-7,11-12,14-16,18,25,30H,1-5,8-10,13,17,19H2,(H,29,31)(H,32,33)/t25-/m0/s1. The van der Waals surface area contributed by atoms with Crippen LogP contribution in [-0.4, -0.2) is 33.6 Å². The second-order valence-electron chi connectivity index (χ2n) is 8.91. The van der Waals surface area contributed by atoms with Crippen molar-refractivity contribution >= 4 is 22.7 Å². The van der Waals surface area contributed by atoms with E-state index < -0.39 is 12.0 Å². The van der Waals surface area contributed by atoms with E-state index in [4.69, 9.17) is 4.98 Å². The number of aromatic nitrogens is 2. The molecule has 0 amide bonds. The number of aryl methyl sites for hydroxylation is 2. The van der Waals surface area contributed by atoms with Crippen LogP contribution in [0.25, 0.3) is 10.9 Å². The molecule has 2 aromatic heterocycles. The van der Waals surface area contributed by atoms with E-state index in [0.717, 1.165) is 73.8 Å². The molecule has 1 atom stereocenters. The maximum absolute atomic E-state index is 11.7. The third-order valence-electron chi connectivity index (χ3n) is 6.45. The van der Waals surface area contributed by atoms with Crippen LogP contribution < -0.4 is 10.6 Å². The van der Waals surface area contributed by atoms with Gasteiger partial charge in [0.2, 0.25) is 0 Å². The van der Waals surface area contributed by atoms with Crippen LogP contribution in [0.2, 0.25) is 0 Å². The molecule has 0 unspecified atom stereocenters. The van der Waals surface area contributed by atoms with Gasteiger partial charge in [0.1, 0.15) is 11.9 Å². The van der Waals surface area contributed by atoms with Gasteiger partial charge in [0, 0.05) is 30.4 Å². The van der Waals surface area contributed by atoms with Crippen LogP contribution in [0, 0.1) is 0 Å². The van der Waals surface area contributed by atoms with E-state index in [1.807, 2.05) is 30.3 Å². The first kappa shape index (κ1) is 23.2.